The Hall–Kier alpha value is -1.88. The van der Waals surface area contributed by atoms with Crippen molar-refractivity contribution in [3.05, 3.63) is 60.2 Å². The highest BCUT2D eigenvalue weighted by molar-refractivity contribution is 5.33. The van der Waals surface area contributed by atoms with Gasteiger partial charge in [0.1, 0.15) is 11.5 Å². The molecular formula is C14H16N2O2. The monoisotopic (exact) mass is 244 g/mol. The van der Waals surface area contributed by atoms with Gasteiger partial charge >= 0.3 is 0 Å². The lowest BCUT2D eigenvalue weighted by Crippen LogP contribution is -2.27. The molecule has 0 aliphatic heterocycles. The fourth-order valence-electron chi connectivity index (χ4n) is 1.61. The molecule has 2 aromatic carbocycles. The first-order valence-electron chi connectivity index (χ1n) is 5.74. The summed E-state index contributed by atoms with van der Waals surface area (Å²) in [6, 6.07) is 16.8. The number of aliphatic hydroxyl groups excluding tert-OH is 1. The molecule has 2 aromatic rings. The zero-order chi connectivity index (χ0) is 12.8. The van der Waals surface area contributed by atoms with E-state index < -0.39 is 6.10 Å². The summed E-state index contributed by atoms with van der Waals surface area (Å²) in [7, 11) is 0. The Morgan fingerprint density at radius 3 is 2.22 bits per heavy atom. The quantitative estimate of drug-likeness (QED) is 0.555. The Balaban J connectivity index is 2.04. The van der Waals surface area contributed by atoms with Crippen molar-refractivity contribution in [1.29, 1.82) is 0 Å². The summed E-state index contributed by atoms with van der Waals surface area (Å²) in [5.74, 6) is 6.68. The van der Waals surface area contributed by atoms with E-state index in [1.165, 1.54) is 0 Å². The highest BCUT2D eigenvalue weighted by Crippen LogP contribution is 2.22. The standard InChI is InChI=1S/C14H16N2O2/c15-16-10-14(17)11-6-8-13(9-7-11)18-12-4-2-1-3-5-12/h1-9,14,16-17H,10,15H2. The minimum absolute atomic E-state index is 0.318. The Labute approximate surface area is 106 Å². The molecule has 0 amide bonds. The third kappa shape index (κ3) is 3.30. The smallest absolute Gasteiger partial charge is 0.127 e. The topological polar surface area (TPSA) is 67.5 Å². The van der Waals surface area contributed by atoms with Crippen LogP contribution in [0.25, 0.3) is 0 Å². The first-order chi connectivity index (χ1) is 8.79. The van der Waals surface area contributed by atoms with E-state index in [-0.39, 0.29) is 0 Å². The summed E-state index contributed by atoms with van der Waals surface area (Å²) in [4.78, 5) is 0. The number of hydrogen-bond donors (Lipinski definition) is 3. The van der Waals surface area contributed by atoms with E-state index in [0.717, 1.165) is 17.1 Å². The van der Waals surface area contributed by atoms with Crippen LogP contribution < -0.4 is 16.0 Å². The van der Waals surface area contributed by atoms with Crippen molar-refractivity contribution in [1.82, 2.24) is 5.43 Å². The Kier molecular flexibility index (Phi) is 4.30. The molecule has 0 saturated carbocycles. The lowest BCUT2D eigenvalue weighted by atomic mass is 10.1. The second-order valence-corrected chi connectivity index (χ2v) is 3.91. The van der Waals surface area contributed by atoms with Crippen LogP contribution in [0.2, 0.25) is 0 Å². The van der Waals surface area contributed by atoms with Gasteiger partial charge in [-0.15, -0.1) is 0 Å². The third-order valence-electron chi connectivity index (χ3n) is 2.55. The predicted molar refractivity (Wildman–Crippen MR) is 70.1 cm³/mol. The van der Waals surface area contributed by atoms with E-state index in [0.29, 0.717) is 6.54 Å². The number of hydrogen-bond acceptors (Lipinski definition) is 4. The molecule has 1 atom stereocenters. The van der Waals surface area contributed by atoms with Gasteiger partial charge in [-0.25, -0.2) is 0 Å². The Morgan fingerprint density at radius 2 is 1.61 bits per heavy atom. The molecule has 0 spiro atoms. The maximum atomic E-state index is 9.72. The summed E-state index contributed by atoms with van der Waals surface area (Å²) >= 11 is 0. The molecule has 4 N–H and O–H groups in total. The van der Waals surface area contributed by atoms with Crippen LogP contribution in [0, 0.1) is 0 Å². The van der Waals surface area contributed by atoms with Crippen LogP contribution in [0.15, 0.2) is 54.6 Å². The molecule has 2 rings (SSSR count). The molecule has 0 fully saturated rings. The Bertz CT molecular complexity index is 471. The van der Waals surface area contributed by atoms with Gasteiger partial charge in [0, 0.05) is 6.54 Å². The molecule has 18 heavy (non-hydrogen) atoms. The molecule has 0 heterocycles. The number of para-hydroxylation sites is 1. The van der Waals surface area contributed by atoms with Gasteiger partial charge in [0.2, 0.25) is 0 Å². The molecule has 4 heteroatoms. The minimum atomic E-state index is -0.610. The molecule has 1 unspecified atom stereocenters. The lowest BCUT2D eigenvalue weighted by Gasteiger charge is -2.11. The zero-order valence-electron chi connectivity index (χ0n) is 9.91. The number of benzene rings is 2. The molecule has 4 nitrogen and oxygen atoms in total. The molecule has 0 aliphatic carbocycles. The van der Waals surface area contributed by atoms with Crippen molar-refractivity contribution in [2.24, 2.45) is 5.84 Å². The first-order valence-corrected chi connectivity index (χ1v) is 5.74. The van der Waals surface area contributed by atoms with Crippen LogP contribution in [0.4, 0.5) is 0 Å². The van der Waals surface area contributed by atoms with E-state index in [9.17, 15) is 5.11 Å². The van der Waals surface area contributed by atoms with Gasteiger partial charge in [0.15, 0.2) is 0 Å². The summed E-state index contributed by atoms with van der Waals surface area (Å²) in [6.07, 6.45) is -0.610. The van der Waals surface area contributed by atoms with Crippen LogP contribution in [0.1, 0.15) is 11.7 Å². The SMILES string of the molecule is NNCC(O)c1ccc(Oc2ccccc2)cc1. The number of rotatable bonds is 5. The van der Waals surface area contributed by atoms with E-state index in [2.05, 4.69) is 5.43 Å². The van der Waals surface area contributed by atoms with Crippen molar-refractivity contribution < 1.29 is 9.84 Å². The van der Waals surface area contributed by atoms with Gasteiger partial charge in [-0.1, -0.05) is 30.3 Å². The molecule has 0 bridgehead atoms. The summed E-state index contributed by atoms with van der Waals surface area (Å²) in [6.45, 7) is 0.318. The van der Waals surface area contributed by atoms with Gasteiger partial charge in [0.25, 0.3) is 0 Å². The molecule has 0 saturated heterocycles. The van der Waals surface area contributed by atoms with Gasteiger partial charge in [-0.3, -0.25) is 11.3 Å². The number of nitrogens with two attached hydrogens (primary N) is 1. The van der Waals surface area contributed by atoms with E-state index in [4.69, 9.17) is 10.6 Å². The van der Waals surface area contributed by atoms with Gasteiger partial charge in [0.05, 0.1) is 6.10 Å². The van der Waals surface area contributed by atoms with Gasteiger partial charge < -0.3 is 9.84 Å². The first kappa shape index (κ1) is 12.6. The third-order valence-corrected chi connectivity index (χ3v) is 2.55. The molecule has 0 aromatic heterocycles. The normalized spacial score (nSPS) is 12.1. The predicted octanol–water partition coefficient (Wildman–Crippen LogP) is 1.98. The van der Waals surface area contributed by atoms with Crippen LogP contribution >= 0.6 is 0 Å². The van der Waals surface area contributed by atoms with Crippen LogP contribution in [0.3, 0.4) is 0 Å². The fraction of sp³-hybridized carbons (Fsp3) is 0.143. The lowest BCUT2D eigenvalue weighted by molar-refractivity contribution is 0.175. The summed E-state index contributed by atoms with van der Waals surface area (Å²) in [5.41, 5.74) is 3.24. The maximum Gasteiger partial charge on any atom is 0.127 e. The van der Waals surface area contributed by atoms with Crippen molar-refractivity contribution in [2.45, 2.75) is 6.10 Å². The number of aliphatic hydroxyl groups is 1. The maximum absolute atomic E-state index is 9.72. The zero-order valence-corrected chi connectivity index (χ0v) is 9.91. The van der Waals surface area contributed by atoms with Gasteiger partial charge in [-0.05, 0) is 29.8 Å². The second kappa shape index (κ2) is 6.16. The highest BCUT2D eigenvalue weighted by atomic mass is 16.5. The minimum Gasteiger partial charge on any atom is -0.457 e. The van der Waals surface area contributed by atoms with Crippen LogP contribution in [-0.2, 0) is 0 Å². The molecule has 94 valence electrons. The average molecular weight is 244 g/mol. The molecule has 0 aliphatic rings. The molecular weight excluding hydrogens is 228 g/mol. The van der Waals surface area contributed by atoms with Crippen molar-refractivity contribution in [3.63, 3.8) is 0 Å². The number of hydrazine groups is 1. The summed E-state index contributed by atoms with van der Waals surface area (Å²) < 4.78 is 5.65. The van der Waals surface area contributed by atoms with E-state index >= 15 is 0 Å². The highest BCUT2D eigenvalue weighted by Gasteiger charge is 2.06. The van der Waals surface area contributed by atoms with Crippen LogP contribution in [-0.4, -0.2) is 11.7 Å². The summed E-state index contributed by atoms with van der Waals surface area (Å²) in [5, 5.41) is 9.72. The van der Waals surface area contributed by atoms with E-state index in [1.807, 2.05) is 54.6 Å². The number of ether oxygens (including phenoxy) is 1. The van der Waals surface area contributed by atoms with Gasteiger partial charge in [-0.2, -0.15) is 0 Å². The van der Waals surface area contributed by atoms with Crippen molar-refractivity contribution in [3.8, 4) is 11.5 Å². The van der Waals surface area contributed by atoms with Crippen LogP contribution in [0.5, 0.6) is 11.5 Å². The number of nitrogens with one attached hydrogen (secondary N) is 1. The average Bonchev–Trinajstić information content (AvgIpc) is 2.41. The second-order valence-electron chi connectivity index (χ2n) is 3.91. The fourth-order valence-corrected chi connectivity index (χ4v) is 1.61. The van der Waals surface area contributed by atoms with Crippen molar-refractivity contribution in [2.75, 3.05) is 6.54 Å². The van der Waals surface area contributed by atoms with Crippen molar-refractivity contribution >= 4 is 0 Å². The van der Waals surface area contributed by atoms with E-state index in [1.54, 1.807) is 0 Å². The Morgan fingerprint density at radius 1 is 1.00 bits per heavy atom. The largest absolute Gasteiger partial charge is 0.457 e. The molecule has 0 radical (unpaired) electrons.